The van der Waals surface area contributed by atoms with Gasteiger partial charge in [-0.05, 0) is 77.0 Å². The van der Waals surface area contributed by atoms with Crippen LogP contribution in [0.1, 0.15) is 92.9 Å². The molecule has 0 aromatic heterocycles. The van der Waals surface area contributed by atoms with E-state index in [9.17, 15) is 14.4 Å². The van der Waals surface area contributed by atoms with Crippen LogP contribution in [0.4, 0.5) is 0 Å². The molecule has 0 fully saturated rings. The topological polar surface area (TPSA) is 78.9 Å². The Morgan fingerprint density at radius 1 is 0.800 bits per heavy atom. The third-order valence-corrected chi connectivity index (χ3v) is 5.30. The SMILES string of the molecule is CCC=CCC=CCC=CCCCCC(=O)OCC=C(COC(C)=O)C(CC=C(C)C#CC=C(C)C)OC(C)=O. The lowest BCUT2D eigenvalue weighted by Gasteiger charge is -2.19. The summed E-state index contributed by atoms with van der Waals surface area (Å²) in [5.41, 5.74) is 2.46. The highest BCUT2D eigenvalue weighted by molar-refractivity contribution is 5.69. The summed E-state index contributed by atoms with van der Waals surface area (Å²) in [5, 5.41) is 0. The molecule has 0 aliphatic rings. The lowest BCUT2D eigenvalue weighted by atomic mass is 10.1. The molecule has 0 amide bonds. The van der Waals surface area contributed by atoms with Gasteiger partial charge in [-0.1, -0.05) is 66.9 Å². The number of unbranched alkanes of at least 4 members (excludes halogenated alkanes) is 2. The van der Waals surface area contributed by atoms with Crippen molar-refractivity contribution in [2.45, 2.75) is 99.0 Å². The Bertz CT molecular complexity index is 1010. The zero-order chi connectivity index (χ0) is 30.0. The predicted molar refractivity (Wildman–Crippen MR) is 162 cm³/mol. The van der Waals surface area contributed by atoms with Crippen molar-refractivity contribution in [3.8, 4) is 11.8 Å². The highest BCUT2D eigenvalue weighted by atomic mass is 16.6. The highest BCUT2D eigenvalue weighted by Gasteiger charge is 2.18. The van der Waals surface area contributed by atoms with E-state index in [-0.39, 0.29) is 19.2 Å². The van der Waals surface area contributed by atoms with E-state index < -0.39 is 18.0 Å². The molecule has 6 nitrogen and oxygen atoms in total. The van der Waals surface area contributed by atoms with Gasteiger partial charge < -0.3 is 14.2 Å². The molecule has 0 N–H and O–H groups in total. The number of carbonyl (C=O) groups is 3. The highest BCUT2D eigenvalue weighted by Crippen LogP contribution is 2.15. The van der Waals surface area contributed by atoms with Crippen molar-refractivity contribution in [1.29, 1.82) is 0 Å². The number of hydrogen-bond acceptors (Lipinski definition) is 6. The van der Waals surface area contributed by atoms with Crippen LogP contribution in [0.5, 0.6) is 0 Å². The van der Waals surface area contributed by atoms with E-state index in [0.717, 1.165) is 49.7 Å². The molecule has 0 saturated carbocycles. The second kappa shape index (κ2) is 24.5. The van der Waals surface area contributed by atoms with E-state index in [2.05, 4.69) is 55.2 Å². The smallest absolute Gasteiger partial charge is 0.306 e. The Kier molecular flexibility index (Phi) is 22.3. The van der Waals surface area contributed by atoms with Gasteiger partial charge in [0.1, 0.15) is 19.3 Å². The Morgan fingerprint density at radius 3 is 2.10 bits per heavy atom. The lowest BCUT2D eigenvalue weighted by molar-refractivity contribution is -0.146. The summed E-state index contributed by atoms with van der Waals surface area (Å²) in [4.78, 5) is 35.4. The van der Waals surface area contributed by atoms with Gasteiger partial charge in [0.15, 0.2) is 0 Å². The Balaban J connectivity index is 4.86. The number of allylic oxidation sites excluding steroid dienone is 9. The molecule has 0 aromatic carbocycles. The number of carbonyl (C=O) groups excluding carboxylic acids is 3. The number of hydrogen-bond donors (Lipinski definition) is 0. The molecule has 0 saturated heterocycles. The second-order valence-electron chi connectivity index (χ2n) is 9.49. The molecule has 0 spiro atoms. The van der Waals surface area contributed by atoms with Crippen LogP contribution in [-0.4, -0.2) is 37.2 Å². The van der Waals surface area contributed by atoms with Gasteiger partial charge in [0.25, 0.3) is 0 Å². The molecule has 40 heavy (non-hydrogen) atoms. The number of rotatable bonds is 18. The van der Waals surface area contributed by atoms with Gasteiger partial charge >= 0.3 is 17.9 Å². The molecule has 0 rings (SSSR count). The van der Waals surface area contributed by atoms with E-state index in [4.69, 9.17) is 14.2 Å². The van der Waals surface area contributed by atoms with Crippen LogP contribution in [0.25, 0.3) is 0 Å². The van der Waals surface area contributed by atoms with Gasteiger partial charge in [-0.15, -0.1) is 0 Å². The van der Waals surface area contributed by atoms with E-state index in [1.807, 2.05) is 32.9 Å². The number of esters is 3. The quantitative estimate of drug-likeness (QED) is 0.0571. The molecular formula is C34H48O6. The van der Waals surface area contributed by atoms with Crippen LogP contribution in [0.15, 0.2) is 71.4 Å². The van der Waals surface area contributed by atoms with Crippen LogP contribution in [0.3, 0.4) is 0 Å². The van der Waals surface area contributed by atoms with Crippen molar-refractivity contribution in [2.75, 3.05) is 13.2 Å². The van der Waals surface area contributed by atoms with Crippen molar-refractivity contribution in [1.82, 2.24) is 0 Å². The second-order valence-corrected chi connectivity index (χ2v) is 9.49. The Morgan fingerprint density at radius 2 is 1.48 bits per heavy atom. The first-order valence-corrected chi connectivity index (χ1v) is 14.1. The van der Waals surface area contributed by atoms with Crippen molar-refractivity contribution in [3.63, 3.8) is 0 Å². The standard InChI is InChI=1S/C34H48O6/c1-7-8-9-10-11-12-13-14-15-16-17-18-22-34(37)38-26-25-32(27-39-30(5)35)33(40-31(6)36)24-23-29(4)21-19-20-28(2)3/h8-9,11-12,14-15,20,23,25,33H,7,10,13,16-18,22,24,26-27H2,1-6H3. The molecule has 0 heterocycles. The first-order chi connectivity index (χ1) is 19.1. The lowest BCUT2D eigenvalue weighted by Crippen LogP contribution is -2.23. The zero-order valence-corrected chi connectivity index (χ0v) is 25.3. The molecule has 0 aliphatic carbocycles. The molecular weight excluding hydrogens is 504 g/mol. The van der Waals surface area contributed by atoms with E-state index in [1.54, 1.807) is 6.08 Å². The molecule has 0 aliphatic heterocycles. The maximum absolute atomic E-state index is 12.2. The monoisotopic (exact) mass is 552 g/mol. The molecule has 220 valence electrons. The molecule has 0 aromatic rings. The fourth-order valence-corrected chi connectivity index (χ4v) is 3.24. The first-order valence-electron chi connectivity index (χ1n) is 14.1. The zero-order valence-electron chi connectivity index (χ0n) is 25.3. The van der Waals surface area contributed by atoms with Crippen LogP contribution in [0, 0.1) is 11.8 Å². The minimum absolute atomic E-state index is 0.00402. The van der Waals surface area contributed by atoms with Gasteiger partial charge in [0.2, 0.25) is 0 Å². The summed E-state index contributed by atoms with van der Waals surface area (Å²) in [6.07, 6.45) is 23.7. The van der Waals surface area contributed by atoms with Gasteiger partial charge in [0.05, 0.1) is 0 Å². The normalized spacial score (nSPS) is 12.8. The van der Waals surface area contributed by atoms with Gasteiger partial charge in [-0.25, -0.2) is 0 Å². The minimum atomic E-state index is -0.676. The molecule has 0 bridgehead atoms. The van der Waals surface area contributed by atoms with Crippen molar-refractivity contribution >= 4 is 17.9 Å². The third-order valence-electron chi connectivity index (χ3n) is 5.30. The fraction of sp³-hybridized carbons (Fsp3) is 0.500. The molecule has 1 atom stereocenters. The first kappa shape index (κ1) is 36.4. The van der Waals surface area contributed by atoms with Crippen LogP contribution < -0.4 is 0 Å². The van der Waals surface area contributed by atoms with Gasteiger partial charge in [-0.2, -0.15) is 0 Å². The fourth-order valence-electron chi connectivity index (χ4n) is 3.24. The van der Waals surface area contributed by atoms with Crippen LogP contribution >= 0.6 is 0 Å². The average molecular weight is 553 g/mol. The van der Waals surface area contributed by atoms with Crippen molar-refractivity contribution < 1.29 is 28.6 Å². The van der Waals surface area contributed by atoms with Gasteiger partial charge in [0, 0.05) is 32.3 Å². The maximum Gasteiger partial charge on any atom is 0.306 e. The summed E-state index contributed by atoms with van der Waals surface area (Å²) in [5.74, 6) is 4.77. The predicted octanol–water partition coefficient (Wildman–Crippen LogP) is 7.68. The summed E-state index contributed by atoms with van der Waals surface area (Å²) < 4.78 is 16.0. The maximum atomic E-state index is 12.2. The van der Waals surface area contributed by atoms with E-state index in [1.165, 1.54) is 13.8 Å². The van der Waals surface area contributed by atoms with Crippen LogP contribution in [-0.2, 0) is 28.6 Å². The molecule has 6 heteroatoms. The van der Waals surface area contributed by atoms with E-state index in [0.29, 0.717) is 18.4 Å². The van der Waals surface area contributed by atoms with Crippen molar-refractivity contribution in [2.24, 2.45) is 0 Å². The third kappa shape index (κ3) is 23.5. The summed E-state index contributed by atoms with van der Waals surface area (Å²) in [6, 6.07) is 0. The van der Waals surface area contributed by atoms with E-state index >= 15 is 0 Å². The van der Waals surface area contributed by atoms with Gasteiger partial charge in [-0.3, -0.25) is 14.4 Å². The summed E-state index contributed by atoms with van der Waals surface area (Å²) in [7, 11) is 0. The Labute approximate surface area is 241 Å². The summed E-state index contributed by atoms with van der Waals surface area (Å²) in [6.45, 7) is 10.5. The molecule has 1 unspecified atom stereocenters. The number of ether oxygens (including phenoxy) is 3. The van der Waals surface area contributed by atoms with Crippen LogP contribution in [0.2, 0.25) is 0 Å². The van der Waals surface area contributed by atoms with Crippen molar-refractivity contribution in [3.05, 3.63) is 71.4 Å². The molecule has 0 radical (unpaired) electrons. The summed E-state index contributed by atoms with van der Waals surface area (Å²) >= 11 is 0. The average Bonchev–Trinajstić information content (AvgIpc) is 2.88. The largest absolute Gasteiger partial charge is 0.461 e. The Hall–Kier alpha value is -3.59. The minimum Gasteiger partial charge on any atom is -0.461 e.